The van der Waals surface area contributed by atoms with E-state index in [9.17, 15) is 13.2 Å². The van der Waals surface area contributed by atoms with Crippen LogP contribution in [0.25, 0.3) is 22.1 Å². The highest BCUT2D eigenvalue weighted by Gasteiger charge is 2.29. The summed E-state index contributed by atoms with van der Waals surface area (Å²) in [7, 11) is 0.109. The lowest BCUT2D eigenvalue weighted by molar-refractivity contribution is 0.0717. The Bertz CT molecular complexity index is 1370. The van der Waals surface area contributed by atoms with Gasteiger partial charge in [-0.15, -0.1) is 0 Å². The fraction of sp³-hybridized carbons (Fsp3) is 0.500. The largest absolute Gasteiger partial charge is 0.489 e. The first kappa shape index (κ1) is 25.4. The van der Waals surface area contributed by atoms with Crippen molar-refractivity contribution < 1.29 is 22.3 Å². The fourth-order valence-electron chi connectivity index (χ4n) is 4.26. The van der Waals surface area contributed by atoms with E-state index in [4.69, 9.17) is 13.9 Å². The molecule has 2 atom stereocenters. The first-order chi connectivity index (χ1) is 16.6. The van der Waals surface area contributed by atoms with Crippen LogP contribution in [0.2, 0.25) is 0 Å². The molecular weight excluding hydrogens is 472 g/mol. The number of furan rings is 1. The summed E-state index contributed by atoms with van der Waals surface area (Å²) < 4.78 is 44.4. The second-order valence-corrected chi connectivity index (χ2v) is 11.1. The van der Waals surface area contributed by atoms with Crippen LogP contribution in [0.4, 0.5) is 0 Å². The van der Waals surface area contributed by atoms with E-state index in [1.165, 1.54) is 15.1 Å². The molecule has 4 rings (SSSR count). The number of aryl methyl sites for hydroxylation is 1. The van der Waals surface area contributed by atoms with E-state index in [1.807, 2.05) is 19.9 Å². The van der Waals surface area contributed by atoms with Gasteiger partial charge in [0.1, 0.15) is 23.7 Å². The maximum absolute atomic E-state index is 12.9. The summed E-state index contributed by atoms with van der Waals surface area (Å²) in [6.45, 7) is 6.15. The van der Waals surface area contributed by atoms with Gasteiger partial charge >= 0.3 is 0 Å². The zero-order valence-corrected chi connectivity index (χ0v) is 21.5. The number of pyridine rings is 2. The summed E-state index contributed by atoms with van der Waals surface area (Å²) in [6, 6.07) is 3.63. The molecule has 1 aliphatic heterocycles. The van der Waals surface area contributed by atoms with E-state index >= 15 is 0 Å². The lowest BCUT2D eigenvalue weighted by atomic mass is 10.1. The van der Waals surface area contributed by atoms with Crippen LogP contribution >= 0.6 is 0 Å². The summed E-state index contributed by atoms with van der Waals surface area (Å²) in [6.07, 6.45) is 6.20. The minimum atomic E-state index is -3.22. The molecule has 0 radical (unpaired) electrons. The van der Waals surface area contributed by atoms with Crippen molar-refractivity contribution >= 4 is 21.0 Å². The molecule has 1 fully saturated rings. The average molecular weight is 505 g/mol. The molecule has 3 aromatic rings. The van der Waals surface area contributed by atoms with Gasteiger partial charge < -0.3 is 18.5 Å². The van der Waals surface area contributed by atoms with Crippen molar-refractivity contribution in [2.24, 2.45) is 7.05 Å². The SMILES string of the molecule is COC(C)COc1cnccc1-c1cn(C)c(=O)c2cc(CN3CCN(S(C)(=O)=O)C[C@H]3C)oc12. The molecule has 190 valence electrons. The minimum absolute atomic E-state index is 0.0111. The van der Waals surface area contributed by atoms with Gasteiger partial charge in [-0.25, -0.2) is 8.42 Å². The molecule has 1 unspecified atom stereocenters. The summed E-state index contributed by atoms with van der Waals surface area (Å²) in [5.41, 5.74) is 1.82. The number of sulfonamides is 1. The van der Waals surface area contributed by atoms with Gasteiger partial charge in [-0.3, -0.25) is 14.7 Å². The highest BCUT2D eigenvalue weighted by atomic mass is 32.2. The number of ether oxygens (including phenoxy) is 2. The van der Waals surface area contributed by atoms with Crippen molar-refractivity contribution in [3.63, 3.8) is 0 Å². The van der Waals surface area contributed by atoms with E-state index in [0.717, 1.165) is 11.1 Å². The Morgan fingerprint density at radius 3 is 2.74 bits per heavy atom. The van der Waals surface area contributed by atoms with Gasteiger partial charge in [-0.2, -0.15) is 4.31 Å². The van der Waals surface area contributed by atoms with Gasteiger partial charge in [-0.1, -0.05) is 0 Å². The first-order valence-corrected chi connectivity index (χ1v) is 13.3. The molecule has 0 aromatic carbocycles. The molecule has 4 heterocycles. The van der Waals surface area contributed by atoms with Crippen LogP contribution in [0, 0.1) is 0 Å². The topological polar surface area (TPSA) is 107 Å². The molecular formula is C24H32N4O6S. The predicted molar refractivity (Wildman–Crippen MR) is 133 cm³/mol. The molecule has 0 aliphatic carbocycles. The number of hydrogen-bond donors (Lipinski definition) is 0. The van der Waals surface area contributed by atoms with Crippen LogP contribution in [0.15, 0.2) is 39.9 Å². The summed E-state index contributed by atoms with van der Waals surface area (Å²) in [5, 5.41) is 0.482. The smallest absolute Gasteiger partial charge is 0.261 e. The number of rotatable bonds is 8. The summed E-state index contributed by atoms with van der Waals surface area (Å²) in [4.78, 5) is 19.3. The Hall–Kier alpha value is -2.73. The van der Waals surface area contributed by atoms with E-state index in [1.54, 1.807) is 38.8 Å². The molecule has 35 heavy (non-hydrogen) atoms. The summed E-state index contributed by atoms with van der Waals surface area (Å²) >= 11 is 0. The number of fused-ring (bicyclic) bond motifs is 1. The number of hydrogen-bond acceptors (Lipinski definition) is 8. The lowest BCUT2D eigenvalue weighted by Crippen LogP contribution is -2.52. The van der Waals surface area contributed by atoms with Gasteiger partial charge in [-0.05, 0) is 26.0 Å². The second kappa shape index (κ2) is 10.1. The molecule has 11 heteroatoms. The average Bonchev–Trinajstić information content (AvgIpc) is 3.25. The van der Waals surface area contributed by atoms with Gasteiger partial charge in [0, 0.05) is 63.4 Å². The highest BCUT2D eigenvalue weighted by molar-refractivity contribution is 7.88. The number of aromatic nitrogens is 2. The maximum atomic E-state index is 12.9. The van der Waals surface area contributed by atoms with Crippen molar-refractivity contribution in [2.45, 2.75) is 32.5 Å². The van der Waals surface area contributed by atoms with Crippen LogP contribution in [0.1, 0.15) is 19.6 Å². The maximum Gasteiger partial charge on any atom is 0.261 e. The zero-order valence-electron chi connectivity index (χ0n) is 20.7. The molecule has 1 saturated heterocycles. The van der Waals surface area contributed by atoms with Crippen LogP contribution in [0.5, 0.6) is 5.75 Å². The first-order valence-electron chi connectivity index (χ1n) is 11.5. The van der Waals surface area contributed by atoms with Gasteiger partial charge in [0.25, 0.3) is 5.56 Å². The molecule has 3 aromatic heterocycles. The number of piperazine rings is 1. The van der Waals surface area contributed by atoms with Crippen LogP contribution in [-0.4, -0.2) is 78.9 Å². The van der Waals surface area contributed by atoms with Crippen LogP contribution in [0.3, 0.4) is 0 Å². The van der Waals surface area contributed by atoms with Crippen LogP contribution in [-0.2, 0) is 28.4 Å². The standard InChI is InChI=1S/C24H32N4O6S/c1-16-12-28(35(5,30)31)9-8-27(16)13-18-10-20-23(34-18)21(14-26(3)24(20)29)19-6-7-25-11-22(19)33-15-17(2)32-4/h6-7,10-11,14,16-17H,8-9,12-13,15H2,1-5H3/t16-,17?/m1/s1. The second-order valence-electron chi connectivity index (χ2n) is 9.08. The molecule has 10 nitrogen and oxygen atoms in total. The minimum Gasteiger partial charge on any atom is -0.489 e. The zero-order chi connectivity index (χ0) is 25.3. The number of nitrogens with zero attached hydrogens (tertiary/aromatic N) is 4. The van der Waals surface area contributed by atoms with Gasteiger partial charge in [0.05, 0.1) is 30.5 Å². The Kier molecular flexibility index (Phi) is 7.32. The lowest BCUT2D eigenvalue weighted by Gasteiger charge is -2.38. The quantitative estimate of drug-likeness (QED) is 0.459. The van der Waals surface area contributed by atoms with Crippen LogP contribution < -0.4 is 10.3 Å². The van der Waals surface area contributed by atoms with Crippen molar-refractivity contribution in [2.75, 3.05) is 39.6 Å². The third kappa shape index (κ3) is 5.43. The van der Waals surface area contributed by atoms with E-state index < -0.39 is 10.0 Å². The third-order valence-electron chi connectivity index (χ3n) is 6.41. The molecule has 0 amide bonds. The molecule has 1 aliphatic rings. The van der Waals surface area contributed by atoms with Crippen molar-refractivity contribution in [3.8, 4) is 16.9 Å². The van der Waals surface area contributed by atoms with E-state index in [2.05, 4.69) is 9.88 Å². The van der Waals surface area contributed by atoms with Crippen molar-refractivity contribution in [1.82, 2.24) is 18.8 Å². The normalized spacial score (nSPS) is 18.7. The molecule has 0 N–H and O–H groups in total. The highest BCUT2D eigenvalue weighted by Crippen LogP contribution is 2.35. The molecule has 0 spiro atoms. The van der Waals surface area contributed by atoms with E-state index in [0.29, 0.717) is 55.3 Å². The van der Waals surface area contributed by atoms with Gasteiger partial charge in [0.15, 0.2) is 0 Å². The Morgan fingerprint density at radius 2 is 2.06 bits per heavy atom. The molecule has 0 saturated carbocycles. The molecule has 0 bridgehead atoms. The predicted octanol–water partition coefficient (Wildman–Crippen LogP) is 2.07. The van der Waals surface area contributed by atoms with Crippen molar-refractivity contribution in [1.29, 1.82) is 0 Å². The Labute approximate surface area is 205 Å². The fourth-order valence-corrected chi connectivity index (χ4v) is 5.16. The monoisotopic (exact) mass is 504 g/mol. The third-order valence-corrected chi connectivity index (χ3v) is 7.68. The number of methoxy groups -OCH3 is 1. The Morgan fingerprint density at radius 1 is 1.29 bits per heavy atom. The van der Waals surface area contributed by atoms with Crippen molar-refractivity contribution in [3.05, 3.63) is 46.8 Å². The Balaban J connectivity index is 1.67. The van der Waals surface area contributed by atoms with Gasteiger partial charge in [0.2, 0.25) is 10.0 Å². The summed E-state index contributed by atoms with van der Waals surface area (Å²) in [5.74, 6) is 1.22. The van der Waals surface area contributed by atoms with E-state index in [-0.39, 0.29) is 17.7 Å².